The van der Waals surface area contributed by atoms with Crippen molar-refractivity contribution in [3.8, 4) is 0 Å². The summed E-state index contributed by atoms with van der Waals surface area (Å²) in [6.45, 7) is 2.60. The van der Waals surface area contributed by atoms with Crippen molar-refractivity contribution < 1.29 is 18.3 Å². The van der Waals surface area contributed by atoms with E-state index in [4.69, 9.17) is 5.73 Å². The van der Waals surface area contributed by atoms with Crippen molar-refractivity contribution in [1.82, 2.24) is 0 Å². The molecular formula is C14H17F3N2OS. The molecule has 1 aliphatic rings. The fourth-order valence-electron chi connectivity index (χ4n) is 2.62. The lowest BCUT2D eigenvalue weighted by atomic mass is 9.94. The van der Waals surface area contributed by atoms with E-state index in [1.54, 1.807) is 17.9 Å². The summed E-state index contributed by atoms with van der Waals surface area (Å²) < 4.78 is 39.4. The highest BCUT2D eigenvalue weighted by atomic mass is 32.1. The Morgan fingerprint density at radius 1 is 1.43 bits per heavy atom. The third-order valence-electron chi connectivity index (χ3n) is 3.61. The summed E-state index contributed by atoms with van der Waals surface area (Å²) in [7, 11) is 0. The van der Waals surface area contributed by atoms with Crippen LogP contribution in [-0.4, -0.2) is 28.8 Å². The summed E-state index contributed by atoms with van der Waals surface area (Å²) >= 11 is 4.68. The third-order valence-corrected chi connectivity index (χ3v) is 3.83. The average Bonchev–Trinajstić information content (AvgIpc) is 2.35. The van der Waals surface area contributed by atoms with E-state index in [1.807, 2.05) is 0 Å². The smallest absolute Gasteiger partial charge is 0.389 e. The van der Waals surface area contributed by atoms with Crippen LogP contribution in [0, 0.1) is 0 Å². The minimum absolute atomic E-state index is 0.176. The van der Waals surface area contributed by atoms with Gasteiger partial charge in [-0.05, 0) is 38.0 Å². The molecule has 0 bridgehead atoms. The second-order valence-electron chi connectivity index (χ2n) is 5.61. The largest absolute Gasteiger partial charge is 0.417 e. The SMILES string of the molecule is CC1(O)CCCN(c2ccc(C(N)=S)c(C(F)(F)F)c2)C1. The van der Waals surface area contributed by atoms with E-state index in [9.17, 15) is 18.3 Å². The zero-order valence-electron chi connectivity index (χ0n) is 11.6. The summed E-state index contributed by atoms with van der Waals surface area (Å²) in [6, 6.07) is 3.91. The molecule has 0 saturated carbocycles. The molecule has 2 rings (SSSR count). The van der Waals surface area contributed by atoms with Gasteiger partial charge in [-0.25, -0.2) is 0 Å². The number of thiocarbonyl (C=S) groups is 1. The third kappa shape index (κ3) is 3.65. The van der Waals surface area contributed by atoms with Crippen LogP contribution in [-0.2, 0) is 6.18 Å². The van der Waals surface area contributed by atoms with Crippen molar-refractivity contribution in [1.29, 1.82) is 0 Å². The van der Waals surface area contributed by atoms with Crippen LogP contribution in [0.5, 0.6) is 0 Å². The lowest BCUT2D eigenvalue weighted by Gasteiger charge is -2.38. The van der Waals surface area contributed by atoms with Crippen LogP contribution >= 0.6 is 12.2 Å². The van der Waals surface area contributed by atoms with Gasteiger partial charge in [0.05, 0.1) is 11.2 Å². The Morgan fingerprint density at radius 3 is 2.62 bits per heavy atom. The maximum atomic E-state index is 13.1. The highest BCUT2D eigenvalue weighted by molar-refractivity contribution is 7.80. The van der Waals surface area contributed by atoms with Crippen LogP contribution < -0.4 is 10.6 Å². The standard InChI is InChI=1S/C14H17F3N2OS/c1-13(20)5-2-6-19(8-13)9-3-4-10(12(18)21)11(7-9)14(15,16)17/h3-4,7,20H,2,5-6,8H2,1H3,(H2,18,21). The van der Waals surface area contributed by atoms with Gasteiger partial charge >= 0.3 is 6.18 Å². The van der Waals surface area contributed by atoms with Crippen molar-refractivity contribution in [2.24, 2.45) is 5.73 Å². The molecule has 0 amide bonds. The van der Waals surface area contributed by atoms with Gasteiger partial charge in [0.1, 0.15) is 4.99 Å². The summed E-state index contributed by atoms with van der Waals surface area (Å²) in [6.07, 6.45) is -3.15. The second kappa shape index (κ2) is 5.46. The molecule has 1 saturated heterocycles. The summed E-state index contributed by atoms with van der Waals surface area (Å²) in [5, 5.41) is 10.1. The first-order valence-corrected chi connectivity index (χ1v) is 6.99. The second-order valence-corrected chi connectivity index (χ2v) is 6.05. The normalized spacial score (nSPS) is 23.2. The topological polar surface area (TPSA) is 49.5 Å². The zero-order chi connectivity index (χ0) is 15.8. The van der Waals surface area contributed by atoms with Crippen molar-refractivity contribution in [3.05, 3.63) is 29.3 Å². The molecule has 0 aliphatic carbocycles. The zero-order valence-corrected chi connectivity index (χ0v) is 12.4. The molecule has 1 aliphatic heterocycles. The van der Waals surface area contributed by atoms with Crippen LogP contribution in [0.25, 0.3) is 0 Å². The van der Waals surface area contributed by atoms with Crippen molar-refractivity contribution in [3.63, 3.8) is 0 Å². The van der Waals surface area contributed by atoms with Crippen molar-refractivity contribution >= 4 is 22.9 Å². The van der Waals surface area contributed by atoms with Crippen LogP contribution in [0.1, 0.15) is 30.9 Å². The lowest BCUT2D eigenvalue weighted by molar-refractivity contribution is -0.137. The fourth-order valence-corrected chi connectivity index (χ4v) is 2.80. The summed E-state index contributed by atoms with van der Waals surface area (Å²) in [5.41, 5.74) is 3.88. The molecule has 1 aromatic carbocycles. The number of nitrogens with two attached hydrogens (primary N) is 1. The average molecular weight is 318 g/mol. The summed E-state index contributed by atoms with van der Waals surface area (Å²) in [4.78, 5) is 1.47. The van der Waals surface area contributed by atoms with Gasteiger partial charge in [0, 0.05) is 24.3 Å². The van der Waals surface area contributed by atoms with E-state index in [0.717, 1.165) is 12.5 Å². The number of piperidine rings is 1. The van der Waals surface area contributed by atoms with Crippen molar-refractivity contribution in [2.45, 2.75) is 31.5 Å². The Morgan fingerprint density at radius 2 is 2.10 bits per heavy atom. The van der Waals surface area contributed by atoms with Gasteiger partial charge in [0.2, 0.25) is 0 Å². The molecule has 1 unspecified atom stereocenters. The highest BCUT2D eigenvalue weighted by Gasteiger charge is 2.35. The Balaban J connectivity index is 2.40. The van der Waals surface area contributed by atoms with E-state index in [-0.39, 0.29) is 10.6 Å². The van der Waals surface area contributed by atoms with Gasteiger partial charge in [-0.15, -0.1) is 0 Å². The first kappa shape index (κ1) is 16.0. The van der Waals surface area contributed by atoms with Gasteiger partial charge in [0.25, 0.3) is 0 Å². The number of hydrogen-bond donors (Lipinski definition) is 2. The molecule has 7 heteroatoms. The Bertz CT molecular complexity index is 558. The number of hydrogen-bond acceptors (Lipinski definition) is 3. The molecule has 116 valence electrons. The molecule has 21 heavy (non-hydrogen) atoms. The Hall–Kier alpha value is -1.34. The minimum atomic E-state index is -4.52. The molecule has 0 aromatic heterocycles. The number of β-amino-alcohol motifs (C(OH)–C–C–N with tert-alkyl or cyclic N) is 1. The van der Waals surface area contributed by atoms with E-state index >= 15 is 0 Å². The number of rotatable bonds is 2. The molecular weight excluding hydrogens is 301 g/mol. The van der Waals surface area contributed by atoms with Crippen molar-refractivity contribution in [2.75, 3.05) is 18.0 Å². The molecule has 0 radical (unpaired) electrons. The van der Waals surface area contributed by atoms with Gasteiger partial charge < -0.3 is 15.7 Å². The van der Waals surface area contributed by atoms with Crippen LogP contribution in [0.15, 0.2) is 18.2 Å². The first-order valence-electron chi connectivity index (χ1n) is 6.58. The monoisotopic (exact) mass is 318 g/mol. The first-order chi connectivity index (χ1) is 9.60. The number of halogens is 3. The van der Waals surface area contributed by atoms with E-state index in [0.29, 0.717) is 25.2 Å². The maximum absolute atomic E-state index is 13.1. The number of anilines is 1. The molecule has 3 nitrogen and oxygen atoms in total. The Kier molecular flexibility index (Phi) is 4.17. The highest BCUT2D eigenvalue weighted by Crippen LogP contribution is 2.36. The molecule has 1 heterocycles. The number of nitrogens with zero attached hydrogens (tertiary/aromatic N) is 1. The van der Waals surface area contributed by atoms with Gasteiger partial charge in [-0.3, -0.25) is 0 Å². The van der Waals surface area contributed by atoms with Gasteiger partial charge in [0.15, 0.2) is 0 Å². The van der Waals surface area contributed by atoms with E-state index < -0.39 is 17.3 Å². The lowest BCUT2D eigenvalue weighted by Crippen LogP contribution is -2.46. The van der Waals surface area contributed by atoms with E-state index in [2.05, 4.69) is 12.2 Å². The summed E-state index contributed by atoms with van der Waals surface area (Å²) in [5.74, 6) is 0. The molecule has 0 spiro atoms. The number of benzene rings is 1. The number of alkyl halides is 3. The molecule has 1 atom stereocenters. The maximum Gasteiger partial charge on any atom is 0.417 e. The van der Waals surface area contributed by atoms with Gasteiger partial charge in [-0.2, -0.15) is 13.2 Å². The Labute approximate surface area is 126 Å². The predicted octanol–water partition coefficient (Wildman–Crippen LogP) is 2.69. The molecule has 1 aromatic rings. The molecule has 3 N–H and O–H groups in total. The van der Waals surface area contributed by atoms with Crippen LogP contribution in [0.2, 0.25) is 0 Å². The quantitative estimate of drug-likeness (QED) is 0.823. The minimum Gasteiger partial charge on any atom is -0.389 e. The fraction of sp³-hybridized carbons (Fsp3) is 0.500. The number of aliphatic hydroxyl groups is 1. The van der Waals surface area contributed by atoms with Gasteiger partial charge in [-0.1, -0.05) is 12.2 Å². The predicted molar refractivity (Wildman–Crippen MR) is 79.4 cm³/mol. The van der Waals surface area contributed by atoms with E-state index in [1.165, 1.54) is 6.07 Å². The van der Waals surface area contributed by atoms with Crippen LogP contribution in [0.3, 0.4) is 0 Å². The van der Waals surface area contributed by atoms with Crippen LogP contribution in [0.4, 0.5) is 18.9 Å². The molecule has 1 fully saturated rings.